The molecule has 0 radical (unpaired) electrons. The Balaban J connectivity index is 1.87. The third-order valence-corrected chi connectivity index (χ3v) is 5.76. The van der Waals surface area contributed by atoms with Crippen LogP contribution in [0.3, 0.4) is 0 Å². The van der Waals surface area contributed by atoms with Gasteiger partial charge in [-0.15, -0.1) is 0 Å². The Hall–Kier alpha value is -1.44. The number of aliphatic hydroxyl groups excluding tert-OH is 1. The molecule has 1 atom stereocenters. The highest BCUT2D eigenvalue weighted by Gasteiger charge is 2.36. The maximum atomic E-state index is 12.6. The zero-order valence-corrected chi connectivity index (χ0v) is 18.0. The fraction of sp³-hybridized carbons (Fsp3) is 0.810. The summed E-state index contributed by atoms with van der Waals surface area (Å²) in [6.45, 7) is 9.31. The van der Waals surface area contributed by atoms with E-state index in [0.717, 1.165) is 25.8 Å². The first-order valence-corrected chi connectivity index (χ1v) is 10.3. The quantitative estimate of drug-likeness (QED) is 0.390. The number of carbonyl (C=O) groups excluding carboxylic acids is 1. The van der Waals surface area contributed by atoms with E-state index in [1.807, 2.05) is 39.6 Å². The number of allylic oxidation sites excluding steroid dienone is 1. The van der Waals surface area contributed by atoms with E-state index >= 15 is 0 Å². The van der Waals surface area contributed by atoms with Crippen LogP contribution in [0.4, 0.5) is 0 Å². The summed E-state index contributed by atoms with van der Waals surface area (Å²) in [5.74, 6) is 0.0649. The van der Waals surface area contributed by atoms with Crippen molar-refractivity contribution in [1.82, 2.24) is 10.2 Å². The third-order valence-electron chi connectivity index (χ3n) is 5.76. The number of aliphatic hydroxyl groups is 1. The molecule has 0 aromatic rings. The molecule has 2 rings (SSSR count). The zero-order valence-electron chi connectivity index (χ0n) is 18.0. The summed E-state index contributed by atoms with van der Waals surface area (Å²) < 4.78 is 11.4. The number of carbonyl (C=O) groups is 1. The summed E-state index contributed by atoms with van der Waals surface area (Å²) in [4.78, 5) is 14.6. The summed E-state index contributed by atoms with van der Waals surface area (Å²) in [7, 11) is 1.93. The number of amides is 1. The predicted molar refractivity (Wildman–Crippen MR) is 109 cm³/mol. The van der Waals surface area contributed by atoms with E-state index in [1.165, 1.54) is 18.9 Å². The molecule has 3 N–H and O–H groups in total. The van der Waals surface area contributed by atoms with Gasteiger partial charge in [-0.1, -0.05) is 13.8 Å². The topological polar surface area (TPSA) is 94.9 Å². The molecule has 7 nitrogen and oxygen atoms in total. The molecular formula is C21H37N3O4. The van der Waals surface area contributed by atoms with Crippen molar-refractivity contribution in [2.45, 2.75) is 71.6 Å². The lowest BCUT2D eigenvalue weighted by Gasteiger charge is -2.34. The Morgan fingerprint density at radius 1 is 1.29 bits per heavy atom. The fourth-order valence-corrected chi connectivity index (χ4v) is 2.95. The molecule has 0 aromatic carbocycles. The summed E-state index contributed by atoms with van der Waals surface area (Å²) >= 11 is 0. The summed E-state index contributed by atoms with van der Waals surface area (Å²) in [5, 5.41) is 21.1. The van der Waals surface area contributed by atoms with E-state index in [9.17, 15) is 9.90 Å². The highest BCUT2D eigenvalue weighted by Crippen LogP contribution is 2.31. The Morgan fingerprint density at radius 3 is 2.54 bits per heavy atom. The maximum absolute atomic E-state index is 12.6. The van der Waals surface area contributed by atoms with Crippen molar-refractivity contribution in [3.8, 4) is 0 Å². The van der Waals surface area contributed by atoms with Crippen LogP contribution in [0.15, 0.2) is 12.0 Å². The van der Waals surface area contributed by atoms with Gasteiger partial charge in [-0.25, -0.2) is 0 Å². The molecule has 0 spiro atoms. The molecule has 1 aliphatic carbocycles. The minimum absolute atomic E-state index is 0.185. The Labute approximate surface area is 169 Å². The summed E-state index contributed by atoms with van der Waals surface area (Å²) in [6, 6.07) is 0. The van der Waals surface area contributed by atoms with Gasteiger partial charge in [-0.3, -0.25) is 15.0 Å². The SMILES string of the molecule is CN(CC1CC1)C(C)(C)C(=O)N/C(O)=C/C(=N)C(C)(C)COC1CCCCO1. The summed E-state index contributed by atoms with van der Waals surface area (Å²) in [6.07, 6.45) is 6.51. The lowest BCUT2D eigenvalue weighted by molar-refractivity contribution is -0.171. The van der Waals surface area contributed by atoms with Crippen LogP contribution in [0, 0.1) is 16.7 Å². The molecule has 1 aliphatic heterocycles. The second kappa shape index (κ2) is 9.37. The number of rotatable bonds is 10. The van der Waals surface area contributed by atoms with Gasteiger partial charge in [0.15, 0.2) is 12.2 Å². The average molecular weight is 396 g/mol. The molecule has 2 aliphatic rings. The molecule has 0 bridgehead atoms. The van der Waals surface area contributed by atoms with Gasteiger partial charge in [0, 0.05) is 30.4 Å². The average Bonchev–Trinajstić information content (AvgIpc) is 3.44. The number of hydrogen-bond acceptors (Lipinski definition) is 6. The van der Waals surface area contributed by atoms with Crippen molar-refractivity contribution in [2.24, 2.45) is 11.3 Å². The molecule has 1 saturated heterocycles. The second-order valence-corrected chi connectivity index (χ2v) is 9.27. The Kier molecular flexibility index (Phi) is 7.65. The number of nitrogens with zero attached hydrogens (tertiary/aromatic N) is 1. The zero-order chi connectivity index (χ0) is 20.9. The molecule has 0 aromatic heterocycles. The van der Waals surface area contributed by atoms with Gasteiger partial charge in [-0.05, 0) is 58.9 Å². The lowest BCUT2D eigenvalue weighted by Crippen LogP contribution is -2.53. The van der Waals surface area contributed by atoms with Gasteiger partial charge < -0.3 is 20.0 Å². The molecule has 1 amide bonds. The molecule has 28 heavy (non-hydrogen) atoms. The van der Waals surface area contributed by atoms with Crippen LogP contribution in [0.1, 0.15) is 59.8 Å². The molecule has 1 saturated carbocycles. The van der Waals surface area contributed by atoms with Gasteiger partial charge in [0.05, 0.1) is 12.1 Å². The third kappa shape index (κ3) is 6.57. The highest BCUT2D eigenvalue weighted by molar-refractivity contribution is 5.98. The number of hydrogen-bond donors (Lipinski definition) is 3. The monoisotopic (exact) mass is 395 g/mol. The van der Waals surface area contributed by atoms with Gasteiger partial charge in [0.25, 0.3) is 0 Å². The van der Waals surface area contributed by atoms with Crippen molar-refractivity contribution >= 4 is 11.6 Å². The number of nitrogens with one attached hydrogen (secondary N) is 2. The van der Waals surface area contributed by atoms with E-state index in [0.29, 0.717) is 19.1 Å². The summed E-state index contributed by atoms with van der Waals surface area (Å²) in [5.41, 5.74) is -1.17. The van der Waals surface area contributed by atoms with Gasteiger partial charge in [-0.2, -0.15) is 0 Å². The Bertz CT molecular complexity index is 590. The van der Waals surface area contributed by atoms with Crippen LogP contribution in [-0.2, 0) is 14.3 Å². The van der Waals surface area contributed by atoms with Crippen LogP contribution in [-0.4, -0.2) is 60.3 Å². The van der Waals surface area contributed by atoms with Crippen molar-refractivity contribution < 1.29 is 19.4 Å². The van der Waals surface area contributed by atoms with Crippen LogP contribution >= 0.6 is 0 Å². The van der Waals surface area contributed by atoms with Gasteiger partial charge >= 0.3 is 0 Å². The smallest absolute Gasteiger partial charge is 0.246 e. The number of likely N-dealkylation sites (N-methyl/N-ethyl adjacent to an activating group) is 1. The Morgan fingerprint density at radius 2 is 1.96 bits per heavy atom. The molecule has 2 fully saturated rings. The first kappa shape index (κ1) is 22.8. The fourth-order valence-electron chi connectivity index (χ4n) is 2.95. The van der Waals surface area contributed by atoms with Crippen molar-refractivity contribution in [3.05, 3.63) is 12.0 Å². The second-order valence-electron chi connectivity index (χ2n) is 9.27. The van der Waals surface area contributed by atoms with Crippen molar-refractivity contribution in [1.29, 1.82) is 5.41 Å². The van der Waals surface area contributed by atoms with Gasteiger partial charge in [0.1, 0.15) is 0 Å². The molecular weight excluding hydrogens is 358 g/mol. The van der Waals surface area contributed by atoms with Crippen molar-refractivity contribution in [3.63, 3.8) is 0 Å². The predicted octanol–water partition coefficient (Wildman–Crippen LogP) is 3.21. The van der Waals surface area contributed by atoms with E-state index in [1.54, 1.807) is 0 Å². The first-order valence-electron chi connectivity index (χ1n) is 10.3. The normalized spacial score (nSPS) is 21.6. The molecule has 1 unspecified atom stereocenters. The van der Waals surface area contributed by atoms with E-state index < -0.39 is 11.0 Å². The molecule has 160 valence electrons. The van der Waals surface area contributed by atoms with Crippen LogP contribution in [0.5, 0.6) is 0 Å². The molecule has 1 heterocycles. The van der Waals surface area contributed by atoms with Crippen molar-refractivity contribution in [2.75, 3.05) is 26.8 Å². The minimum Gasteiger partial charge on any atom is -0.494 e. The highest BCUT2D eigenvalue weighted by atomic mass is 16.7. The maximum Gasteiger partial charge on any atom is 0.246 e. The van der Waals surface area contributed by atoms with Gasteiger partial charge in [0.2, 0.25) is 5.91 Å². The van der Waals surface area contributed by atoms with Crippen LogP contribution in [0.2, 0.25) is 0 Å². The van der Waals surface area contributed by atoms with Crippen LogP contribution in [0.25, 0.3) is 0 Å². The van der Waals surface area contributed by atoms with E-state index in [2.05, 4.69) is 5.32 Å². The van der Waals surface area contributed by atoms with E-state index in [-0.39, 0.29) is 23.8 Å². The number of ether oxygens (including phenoxy) is 2. The largest absolute Gasteiger partial charge is 0.494 e. The lowest BCUT2D eigenvalue weighted by atomic mass is 9.88. The standard InChI is InChI=1S/C21H37N3O4/c1-20(2,14-28-18-8-6-7-11-27-18)16(22)12-17(25)23-19(26)21(3,4)24(5)13-15-9-10-15/h12,15,18,22,25H,6-11,13-14H2,1-5H3,(H,23,26)/b17-12-,22-16?. The van der Waals surface area contributed by atoms with E-state index in [4.69, 9.17) is 14.9 Å². The molecule has 7 heteroatoms. The van der Waals surface area contributed by atoms with Crippen LogP contribution < -0.4 is 5.32 Å². The minimum atomic E-state index is -0.746. The first-order chi connectivity index (χ1) is 13.0.